The van der Waals surface area contributed by atoms with Gasteiger partial charge in [0.25, 0.3) is 0 Å². The van der Waals surface area contributed by atoms with Crippen LogP contribution in [-0.4, -0.2) is 29.4 Å². The van der Waals surface area contributed by atoms with Crippen LogP contribution in [0.15, 0.2) is 57.7 Å². The van der Waals surface area contributed by atoms with E-state index in [2.05, 4.69) is 9.98 Å². The van der Waals surface area contributed by atoms with Gasteiger partial charge in [-0.1, -0.05) is 23.2 Å². The van der Waals surface area contributed by atoms with E-state index in [9.17, 15) is 4.79 Å². The Labute approximate surface area is 148 Å². The molecule has 124 valence electrons. The Hall–Kier alpha value is -2.57. The molecule has 24 heavy (non-hydrogen) atoms. The number of aromatic nitrogens is 1. The van der Waals surface area contributed by atoms with E-state index in [0.717, 1.165) is 12.0 Å². The Bertz CT molecular complexity index is 772. The van der Waals surface area contributed by atoms with Crippen LogP contribution >= 0.6 is 23.2 Å². The Kier molecular flexibility index (Phi) is 6.17. The topological polar surface area (TPSA) is 81.0 Å². The fourth-order valence-corrected chi connectivity index (χ4v) is 1.74. The van der Waals surface area contributed by atoms with Crippen molar-refractivity contribution in [1.82, 2.24) is 4.98 Å². The number of ether oxygens (including phenoxy) is 2. The molecule has 0 aliphatic carbocycles. The van der Waals surface area contributed by atoms with Crippen LogP contribution in [0.2, 0.25) is 0 Å². The second-order valence-corrected chi connectivity index (χ2v) is 5.14. The molecule has 0 fully saturated rings. The molecule has 1 N–H and O–H groups in total. The predicted molar refractivity (Wildman–Crippen MR) is 91.8 cm³/mol. The normalized spacial score (nSPS) is 12.0. The lowest BCUT2D eigenvalue weighted by molar-refractivity contribution is -0.131. The number of carboxylic acids is 1. The molecule has 0 radical (unpaired) electrons. The Morgan fingerprint density at radius 2 is 1.83 bits per heavy atom. The van der Waals surface area contributed by atoms with Crippen molar-refractivity contribution in [3.05, 3.63) is 52.7 Å². The molecule has 0 unspecified atom stereocenters. The Morgan fingerprint density at radius 1 is 1.17 bits per heavy atom. The van der Waals surface area contributed by atoms with Crippen molar-refractivity contribution in [3.8, 4) is 17.4 Å². The molecule has 0 spiro atoms. The number of nitrogens with zero attached hydrogens (tertiary/aromatic N) is 2. The average molecular weight is 367 g/mol. The quantitative estimate of drug-likeness (QED) is 0.606. The maximum absolute atomic E-state index is 10.6. The summed E-state index contributed by atoms with van der Waals surface area (Å²) in [4.78, 5) is 18.7. The summed E-state index contributed by atoms with van der Waals surface area (Å²) >= 11 is 11.2. The highest BCUT2D eigenvalue weighted by atomic mass is 35.5. The molecule has 1 aromatic carbocycles. The summed E-state index contributed by atoms with van der Waals surface area (Å²) in [6.07, 6.45) is 2.59. The van der Waals surface area contributed by atoms with Gasteiger partial charge in [-0.3, -0.25) is 4.99 Å². The van der Waals surface area contributed by atoms with Crippen molar-refractivity contribution in [1.29, 1.82) is 0 Å². The summed E-state index contributed by atoms with van der Waals surface area (Å²) in [5, 5.41) is 8.00. The van der Waals surface area contributed by atoms with Crippen molar-refractivity contribution in [2.75, 3.05) is 7.11 Å². The van der Waals surface area contributed by atoms with E-state index in [1.807, 2.05) is 0 Å². The van der Waals surface area contributed by atoms with E-state index in [0.29, 0.717) is 17.3 Å². The van der Waals surface area contributed by atoms with Crippen LogP contribution in [0, 0.1) is 0 Å². The highest BCUT2D eigenvalue weighted by Crippen LogP contribution is 2.23. The van der Waals surface area contributed by atoms with Gasteiger partial charge < -0.3 is 14.6 Å². The smallest absolute Gasteiger partial charge is 0.348 e. The number of aliphatic imine (C=N–C) groups is 1. The molecule has 2 aromatic rings. The SMILES string of the molecule is COc1ccc(Oc2ccc(N=CC(Cl)=C(Cl)C(=O)O)cn2)cc1. The summed E-state index contributed by atoms with van der Waals surface area (Å²) in [7, 11) is 1.59. The van der Waals surface area contributed by atoms with Gasteiger partial charge in [-0.05, 0) is 30.3 Å². The number of methoxy groups -OCH3 is 1. The Morgan fingerprint density at radius 3 is 2.38 bits per heavy atom. The molecule has 1 aromatic heterocycles. The van der Waals surface area contributed by atoms with Crippen LogP contribution in [0.5, 0.6) is 17.4 Å². The summed E-state index contributed by atoms with van der Waals surface area (Å²) in [5.74, 6) is 0.391. The van der Waals surface area contributed by atoms with Crippen molar-refractivity contribution >= 4 is 41.1 Å². The summed E-state index contributed by atoms with van der Waals surface area (Å²) in [5.41, 5.74) is 0.463. The third-order valence-corrected chi connectivity index (χ3v) is 3.48. The number of pyridine rings is 1. The van der Waals surface area contributed by atoms with Crippen LogP contribution in [0.25, 0.3) is 0 Å². The van der Waals surface area contributed by atoms with Gasteiger partial charge in [0.2, 0.25) is 5.88 Å². The van der Waals surface area contributed by atoms with Crippen molar-refractivity contribution in [2.24, 2.45) is 4.99 Å². The van der Waals surface area contributed by atoms with Gasteiger partial charge in [0.1, 0.15) is 16.5 Å². The highest BCUT2D eigenvalue weighted by molar-refractivity contribution is 6.51. The third-order valence-electron chi connectivity index (χ3n) is 2.73. The first kappa shape index (κ1) is 17.8. The number of hydrogen-bond acceptors (Lipinski definition) is 5. The molecule has 0 aliphatic rings. The summed E-state index contributed by atoms with van der Waals surface area (Å²) < 4.78 is 10.6. The third kappa shape index (κ3) is 4.97. The molecule has 0 saturated heterocycles. The maximum Gasteiger partial charge on any atom is 0.348 e. The van der Waals surface area contributed by atoms with E-state index in [1.165, 1.54) is 6.20 Å². The van der Waals surface area contributed by atoms with E-state index in [1.54, 1.807) is 43.5 Å². The van der Waals surface area contributed by atoms with Crippen LogP contribution < -0.4 is 9.47 Å². The van der Waals surface area contributed by atoms with Crippen LogP contribution in [0.1, 0.15) is 0 Å². The number of rotatable bonds is 6. The van der Waals surface area contributed by atoms with E-state index >= 15 is 0 Å². The molecule has 0 bridgehead atoms. The standard InChI is InChI=1S/C16H12Cl2N2O4/c1-23-11-3-5-12(6-4-11)24-14-7-2-10(8-20-14)19-9-13(17)15(18)16(21)22/h2-9H,1H3,(H,21,22). The second-order valence-electron chi connectivity index (χ2n) is 4.36. The molecular weight excluding hydrogens is 355 g/mol. The minimum absolute atomic E-state index is 0.178. The Balaban J connectivity index is 2.04. The number of hydrogen-bond donors (Lipinski definition) is 1. The van der Waals surface area contributed by atoms with E-state index in [-0.39, 0.29) is 5.03 Å². The monoisotopic (exact) mass is 366 g/mol. The minimum Gasteiger partial charge on any atom is -0.497 e. The van der Waals surface area contributed by atoms with Gasteiger partial charge in [0.05, 0.1) is 24.0 Å². The van der Waals surface area contributed by atoms with E-state index < -0.39 is 11.0 Å². The number of carbonyl (C=O) groups is 1. The number of carboxylic acid groups (broad SMARTS) is 1. The summed E-state index contributed by atoms with van der Waals surface area (Å²) in [6, 6.07) is 10.3. The van der Waals surface area contributed by atoms with Gasteiger partial charge in [-0.25, -0.2) is 9.78 Å². The predicted octanol–water partition coefficient (Wildman–Crippen LogP) is 4.36. The number of allylic oxidation sites excluding steroid dienone is 1. The van der Waals surface area contributed by atoms with Gasteiger partial charge >= 0.3 is 5.97 Å². The second kappa shape index (κ2) is 8.33. The molecule has 0 saturated carbocycles. The van der Waals surface area contributed by atoms with Crippen LogP contribution in [0.3, 0.4) is 0 Å². The molecule has 8 heteroatoms. The van der Waals surface area contributed by atoms with Crippen molar-refractivity contribution < 1.29 is 19.4 Å². The fourth-order valence-electron chi connectivity index (χ4n) is 1.56. The molecule has 0 atom stereocenters. The zero-order valence-electron chi connectivity index (χ0n) is 12.4. The molecule has 0 amide bonds. The first-order chi connectivity index (χ1) is 11.5. The van der Waals surface area contributed by atoms with Crippen molar-refractivity contribution in [3.63, 3.8) is 0 Å². The molecule has 0 aliphatic heterocycles. The lowest BCUT2D eigenvalue weighted by atomic mass is 10.3. The number of halogens is 2. The first-order valence-corrected chi connectivity index (χ1v) is 7.36. The summed E-state index contributed by atoms with van der Waals surface area (Å²) in [6.45, 7) is 0. The zero-order valence-corrected chi connectivity index (χ0v) is 14.0. The minimum atomic E-state index is -1.32. The lowest BCUT2D eigenvalue weighted by Crippen LogP contribution is -1.96. The molecule has 2 rings (SSSR count). The van der Waals surface area contributed by atoms with Crippen LogP contribution in [0.4, 0.5) is 5.69 Å². The molecular formula is C16H12Cl2N2O4. The van der Waals surface area contributed by atoms with Gasteiger partial charge in [0.15, 0.2) is 0 Å². The number of benzene rings is 1. The van der Waals surface area contributed by atoms with Gasteiger partial charge in [-0.15, -0.1) is 0 Å². The van der Waals surface area contributed by atoms with Gasteiger partial charge in [0, 0.05) is 12.3 Å². The van der Waals surface area contributed by atoms with Crippen molar-refractivity contribution in [2.45, 2.75) is 0 Å². The average Bonchev–Trinajstić information content (AvgIpc) is 2.60. The number of aliphatic carboxylic acids is 1. The fraction of sp³-hybridized carbons (Fsp3) is 0.0625. The lowest BCUT2D eigenvalue weighted by Gasteiger charge is -2.05. The largest absolute Gasteiger partial charge is 0.497 e. The first-order valence-electron chi connectivity index (χ1n) is 6.60. The van der Waals surface area contributed by atoms with E-state index in [4.69, 9.17) is 37.8 Å². The van der Waals surface area contributed by atoms with Crippen LogP contribution in [-0.2, 0) is 4.79 Å². The molecule has 1 heterocycles. The maximum atomic E-state index is 10.6. The molecule has 6 nitrogen and oxygen atoms in total. The van der Waals surface area contributed by atoms with Gasteiger partial charge in [-0.2, -0.15) is 0 Å². The zero-order chi connectivity index (χ0) is 17.5. The highest BCUT2D eigenvalue weighted by Gasteiger charge is 2.07.